The summed E-state index contributed by atoms with van der Waals surface area (Å²) in [6.45, 7) is 15.9. The summed E-state index contributed by atoms with van der Waals surface area (Å²) in [5.74, 6) is 4.90. The maximum atomic E-state index is 13.2. The van der Waals surface area contributed by atoms with E-state index < -0.39 is 0 Å². The Labute approximate surface area is 289 Å². The van der Waals surface area contributed by atoms with Crippen LogP contribution in [-0.2, 0) is 14.3 Å². The van der Waals surface area contributed by atoms with Crippen molar-refractivity contribution in [1.82, 2.24) is 14.7 Å². The molecule has 8 atom stereocenters. The van der Waals surface area contributed by atoms with Gasteiger partial charge in [0.05, 0.1) is 6.42 Å². The summed E-state index contributed by atoms with van der Waals surface area (Å²) in [6, 6.07) is 0. The summed E-state index contributed by atoms with van der Waals surface area (Å²) < 4.78 is 6.09. The van der Waals surface area contributed by atoms with Crippen LogP contribution in [0, 0.1) is 46.3 Å². The summed E-state index contributed by atoms with van der Waals surface area (Å²) >= 11 is 0. The number of carbonyl (C=O) groups excluding carboxylic acids is 2. The Kier molecular flexibility index (Phi) is 13.9. The predicted octanol–water partition coefficient (Wildman–Crippen LogP) is 8.45. The van der Waals surface area contributed by atoms with E-state index in [1.807, 2.05) is 4.90 Å². The first-order valence-electron chi connectivity index (χ1n) is 19.7. The second kappa shape index (κ2) is 17.0. The third-order valence-electron chi connectivity index (χ3n) is 13.5. The number of nitrogens with zero attached hydrogens (tertiary/aromatic N) is 3. The van der Waals surface area contributed by atoms with Gasteiger partial charge in [-0.25, -0.2) is 0 Å². The van der Waals surface area contributed by atoms with Crippen LogP contribution in [0.3, 0.4) is 0 Å². The van der Waals surface area contributed by atoms with Crippen LogP contribution in [0.4, 0.5) is 0 Å². The van der Waals surface area contributed by atoms with Gasteiger partial charge in [-0.3, -0.25) is 9.59 Å². The molecule has 270 valence electrons. The molecular formula is C41H73N3O3. The van der Waals surface area contributed by atoms with Crippen LogP contribution in [-0.4, -0.2) is 87.0 Å². The Morgan fingerprint density at radius 2 is 1.51 bits per heavy atom. The van der Waals surface area contributed by atoms with Crippen LogP contribution >= 0.6 is 0 Å². The number of allylic oxidation sites excluding steroid dienone is 1. The Balaban J connectivity index is 1.29. The van der Waals surface area contributed by atoms with Crippen LogP contribution in [0.25, 0.3) is 0 Å². The molecule has 4 aliphatic rings. The summed E-state index contributed by atoms with van der Waals surface area (Å²) in [7, 11) is 8.26. The van der Waals surface area contributed by atoms with Crippen LogP contribution in [0.1, 0.15) is 131 Å². The first-order chi connectivity index (χ1) is 22.2. The molecule has 0 spiro atoms. The quantitative estimate of drug-likeness (QED) is 0.116. The molecule has 0 heterocycles. The van der Waals surface area contributed by atoms with E-state index in [0.717, 1.165) is 93.8 Å². The molecule has 0 bridgehead atoms. The van der Waals surface area contributed by atoms with Gasteiger partial charge < -0.3 is 19.4 Å². The minimum atomic E-state index is -0.198. The van der Waals surface area contributed by atoms with E-state index in [1.54, 1.807) is 5.57 Å². The predicted molar refractivity (Wildman–Crippen MR) is 195 cm³/mol. The van der Waals surface area contributed by atoms with Gasteiger partial charge >= 0.3 is 5.97 Å². The fourth-order valence-electron chi connectivity index (χ4n) is 10.9. The highest BCUT2D eigenvalue weighted by molar-refractivity contribution is 5.81. The summed E-state index contributed by atoms with van der Waals surface area (Å²) in [6.07, 6.45) is 18.9. The van der Waals surface area contributed by atoms with Gasteiger partial charge in [0.1, 0.15) is 6.10 Å². The van der Waals surface area contributed by atoms with Gasteiger partial charge in [0, 0.05) is 25.9 Å². The monoisotopic (exact) mass is 656 g/mol. The lowest BCUT2D eigenvalue weighted by molar-refractivity contribution is -0.153. The van der Waals surface area contributed by atoms with E-state index in [-0.39, 0.29) is 36.2 Å². The Morgan fingerprint density at radius 3 is 2.15 bits per heavy atom. The fourth-order valence-corrected chi connectivity index (χ4v) is 10.9. The standard InChI is InChI=1S/C41H73N3O3/c1-30(2)13-10-14-31(3)35-17-18-36-34-16-15-32-29-33(21-23-40(32,4)37(34)22-24-41(35,36)5)47-39(46)20-19-38(45)44(27-11-25-42(6)7)28-12-26-43(8)9/h15,30-31,33-37H,10-14,16-29H2,1-9H3/t31?,33-,34-,35+,36-,37-,40-,41+/m0/s1. The van der Waals surface area contributed by atoms with Crippen molar-refractivity contribution in [2.75, 3.05) is 54.4 Å². The second-order valence-corrected chi connectivity index (χ2v) is 17.8. The molecule has 4 rings (SSSR count). The maximum absolute atomic E-state index is 13.2. The molecule has 0 aromatic carbocycles. The van der Waals surface area contributed by atoms with Crippen LogP contribution < -0.4 is 0 Å². The molecule has 0 saturated heterocycles. The van der Waals surface area contributed by atoms with Crippen molar-refractivity contribution in [3.8, 4) is 0 Å². The van der Waals surface area contributed by atoms with Crippen LogP contribution in [0.2, 0.25) is 0 Å². The van der Waals surface area contributed by atoms with Crippen molar-refractivity contribution >= 4 is 11.9 Å². The average molecular weight is 656 g/mol. The van der Waals surface area contributed by atoms with E-state index in [9.17, 15) is 9.59 Å². The third-order valence-corrected chi connectivity index (χ3v) is 13.5. The molecule has 0 aliphatic heterocycles. The largest absolute Gasteiger partial charge is 0.462 e. The summed E-state index contributed by atoms with van der Waals surface area (Å²) in [4.78, 5) is 32.5. The Bertz CT molecular complexity index is 1040. The van der Waals surface area contributed by atoms with E-state index in [1.165, 1.54) is 51.4 Å². The van der Waals surface area contributed by atoms with Gasteiger partial charge in [-0.1, -0.05) is 65.5 Å². The van der Waals surface area contributed by atoms with Crippen molar-refractivity contribution in [1.29, 1.82) is 0 Å². The molecule has 3 saturated carbocycles. The zero-order valence-electron chi connectivity index (χ0n) is 32.1. The highest BCUT2D eigenvalue weighted by Gasteiger charge is 2.59. The van der Waals surface area contributed by atoms with E-state index in [2.05, 4.69) is 78.7 Å². The number of amides is 1. The molecule has 6 heteroatoms. The normalized spacial score (nSPS) is 32.5. The minimum absolute atomic E-state index is 0.0406. The number of ether oxygens (including phenoxy) is 1. The van der Waals surface area contributed by atoms with Crippen molar-refractivity contribution < 1.29 is 14.3 Å². The molecule has 3 fully saturated rings. The van der Waals surface area contributed by atoms with Crippen molar-refractivity contribution in [2.24, 2.45) is 46.3 Å². The zero-order chi connectivity index (χ0) is 34.4. The number of fused-ring (bicyclic) bond motifs is 5. The molecule has 4 aliphatic carbocycles. The van der Waals surface area contributed by atoms with Gasteiger partial charge in [0.15, 0.2) is 0 Å². The van der Waals surface area contributed by atoms with Crippen molar-refractivity contribution in [2.45, 2.75) is 137 Å². The number of hydrogen-bond donors (Lipinski definition) is 0. The summed E-state index contributed by atoms with van der Waals surface area (Å²) in [5.41, 5.74) is 2.33. The van der Waals surface area contributed by atoms with Crippen LogP contribution in [0.5, 0.6) is 0 Å². The van der Waals surface area contributed by atoms with Crippen molar-refractivity contribution in [3.63, 3.8) is 0 Å². The summed E-state index contributed by atoms with van der Waals surface area (Å²) in [5, 5.41) is 0. The fraction of sp³-hybridized carbons (Fsp3) is 0.902. The van der Waals surface area contributed by atoms with E-state index in [0.29, 0.717) is 5.41 Å². The van der Waals surface area contributed by atoms with Gasteiger partial charge in [-0.15, -0.1) is 0 Å². The first kappa shape index (κ1) is 38.4. The molecule has 0 aromatic rings. The number of carbonyl (C=O) groups is 2. The molecule has 0 aromatic heterocycles. The molecule has 6 nitrogen and oxygen atoms in total. The molecule has 0 N–H and O–H groups in total. The molecule has 0 radical (unpaired) electrons. The third kappa shape index (κ3) is 9.65. The van der Waals surface area contributed by atoms with E-state index >= 15 is 0 Å². The first-order valence-corrected chi connectivity index (χ1v) is 19.7. The maximum Gasteiger partial charge on any atom is 0.306 e. The van der Waals surface area contributed by atoms with Crippen molar-refractivity contribution in [3.05, 3.63) is 11.6 Å². The Morgan fingerprint density at radius 1 is 0.830 bits per heavy atom. The molecule has 1 amide bonds. The van der Waals surface area contributed by atoms with Gasteiger partial charge in [0.25, 0.3) is 0 Å². The van der Waals surface area contributed by atoms with Gasteiger partial charge in [-0.05, 0) is 145 Å². The lowest BCUT2D eigenvalue weighted by Crippen LogP contribution is -2.51. The topological polar surface area (TPSA) is 53.1 Å². The zero-order valence-corrected chi connectivity index (χ0v) is 32.1. The lowest BCUT2D eigenvalue weighted by atomic mass is 9.47. The number of esters is 1. The average Bonchev–Trinajstić information content (AvgIpc) is 3.36. The molecular weight excluding hydrogens is 582 g/mol. The van der Waals surface area contributed by atoms with Gasteiger partial charge in [-0.2, -0.15) is 0 Å². The smallest absolute Gasteiger partial charge is 0.306 e. The highest BCUT2D eigenvalue weighted by atomic mass is 16.5. The lowest BCUT2D eigenvalue weighted by Gasteiger charge is -2.58. The van der Waals surface area contributed by atoms with Gasteiger partial charge in [0.2, 0.25) is 5.91 Å². The number of rotatable bonds is 17. The van der Waals surface area contributed by atoms with E-state index in [4.69, 9.17) is 4.74 Å². The molecule has 47 heavy (non-hydrogen) atoms. The SMILES string of the molecule is CC(C)CCCC(C)[C@H]1CC[C@H]2[C@@H]3CC=C4C[C@@H](OC(=O)CCC(=O)N(CCCN(C)C)CCCN(C)C)CC[C@]4(C)[C@H]3CC[C@]12C. The number of hydrogen-bond acceptors (Lipinski definition) is 5. The molecule has 1 unspecified atom stereocenters. The van der Waals surface area contributed by atoms with Crippen LogP contribution in [0.15, 0.2) is 11.6 Å². The second-order valence-electron chi connectivity index (χ2n) is 17.8. The Hall–Kier alpha value is -1.40. The minimum Gasteiger partial charge on any atom is -0.462 e. The highest BCUT2D eigenvalue weighted by Crippen LogP contribution is 2.67.